The molecule has 1 saturated carbocycles. The highest BCUT2D eigenvalue weighted by atomic mass is 32.2. The molecule has 0 unspecified atom stereocenters. The van der Waals surface area contributed by atoms with E-state index in [1.165, 1.54) is 38.5 Å². The van der Waals surface area contributed by atoms with Crippen molar-refractivity contribution in [3.05, 3.63) is 24.5 Å². The van der Waals surface area contributed by atoms with Gasteiger partial charge >= 0.3 is 0 Å². The molecule has 0 saturated heterocycles. The highest BCUT2D eigenvalue weighted by Gasteiger charge is 2.15. The van der Waals surface area contributed by atoms with Crippen LogP contribution in [0.4, 0.5) is 0 Å². The zero-order valence-electron chi connectivity index (χ0n) is 13.2. The van der Waals surface area contributed by atoms with Crippen molar-refractivity contribution in [1.82, 2.24) is 19.7 Å². The van der Waals surface area contributed by atoms with Gasteiger partial charge in [-0.2, -0.15) is 0 Å². The average molecular weight is 316 g/mol. The molecule has 118 valence electrons. The lowest BCUT2D eigenvalue weighted by Crippen LogP contribution is -2.00. The van der Waals surface area contributed by atoms with Crippen LogP contribution < -0.4 is 0 Å². The fourth-order valence-corrected chi connectivity index (χ4v) is 4.19. The molecule has 0 aromatic carbocycles. The summed E-state index contributed by atoms with van der Waals surface area (Å²) in [5.41, 5.74) is 1.09. The lowest BCUT2D eigenvalue weighted by atomic mass is 10.0. The molecule has 0 N–H and O–H groups in total. The molecule has 1 aliphatic carbocycles. The Labute approximate surface area is 136 Å². The Morgan fingerprint density at radius 3 is 2.68 bits per heavy atom. The van der Waals surface area contributed by atoms with E-state index in [0.717, 1.165) is 34.8 Å². The van der Waals surface area contributed by atoms with Crippen molar-refractivity contribution < 1.29 is 0 Å². The number of nitrogens with zero attached hydrogens (tertiary/aromatic N) is 4. The topological polar surface area (TPSA) is 43.6 Å². The SMILES string of the molecule is CCn1c(SCCCC2CCCC2)nnc1-c1ccncc1. The van der Waals surface area contributed by atoms with E-state index < -0.39 is 0 Å². The van der Waals surface area contributed by atoms with Gasteiger partial charge in [0.2, 0.25) is 0 Å². The molecule has 3 rings (SSSR count). The molecule has 0 atom stereocenters. The normalized spacial score (nSPS) is 15.5. The number of pyridine rings is 1. The van der Waals surface area contributed by atoms with E-state index in [2.05, 4.69) is 26.7 Å². The van der Waals surface area contributed by atoms with E-state index in [1.807, 2.05) is 23.9 Å². The summed E-state index contributed by atoms with van der Waals surface area (Å²) >= 11 is 1.84. The van der Waals surface area contributed by atoms with Crippen molar-refractivity contribution in [3.63, 3.8) is 0 Å². The number of aromatic nitrogens is 4. The summed E-state index contributed by atoms with van der Waals surface area (Å²) in [6, 6.07) is 3.98. The zero-order valence-corrected chi connectivity index (χ0v) is 14.1. The third-order valence-electron chi connectivity index (χ3n) is 4.43. The maximum absolute atomic E-state index is 4.39. The second-order valence-electron chi connectivity index (χ2n) is 5.93. The summed E-state index contributed by atoms with van der Waals surface area (Å²) in [6.45, 7) is 3.05. The first kappa shape index (κ1) is 15.5. The highest BCUT2D eigenvalue weighted by molar-refractivity contribution is 7.99. The monoisotopic (exact) mass is 316 g/mol. The summed E-state index contributed by atoms with van der Waals surface area (Å²) in [5, 5.41) is 9.81. The Morgan fingerprint density at radius 2 is 1.95 bits per heavy atom. The smallest absolute Gasteiger partial charge is 0.191 e. The van der Waals surface area contributed by atoms with Crippen LogP contribution in [0.3, 0.4) is 0 Å². The Balaban J connectivity index is 1.58. The first-order valence-electron chi connectivity index (χ1n) is 8.35. The Hall–Kier alpha value is -1.36. The minimum atomic E-state index is 0.898. The molecular formula is C17H24N4S. The molecule has 1 fully saturated rings. The van der Waals surface area contributed by atoms with E-state index >= 15 is 0 Å². The lowest BCUT2D eigenvalue weighted by Gasteiger charge is -2.09. The van der Waals surface area contributed by atoms with Crippen LogP contribution in [0.2, 0.25) is 0 Å². The Kier molecular flexibility index (Phi) is 5.48. The minimum Gasteiger partial charge on any atom is -0.302 e. The van der Waals surface area contributed by atoms with Crippen molar-refractivity contribution >= 4 is 11.8 Å². The molecule has 0 bridgehead atoms. The van der Waals surface area contributed by atoms with Gasteiger partial charge in [0.25, 0.3) is 0 Å². The van der Waals surface area contributed by atoms with E-state index in [1.54, 1.807) is 12.4 Å². The number of hydrogen-bond acceptors (Lipinski definition) is 4. The molecule has 2 heterocycles. The third kappa shape index (κ3) is 3.69. The van der Waals surface area contributed by atoms with Gasteiger partial charge in [-0.25, -0.2) is 0 Å². The van der Waals surface area contributed by atoms with Gasteiger partial charge in [0, 0.05) is 30.3 Å². The van der Waals surface area contributed by atoms with Crippen LogP contribution in [0, 0.1) is 5.92 Å². The van der Waals surface area contributed by atoms with Gasteiger partial charge in [0.15, 0.2) is 11.0 Å². The van der Waals surface area contributed by atoms with E-state index in [4.69, 9.17) is 0 Å². The van der Waals surface area contributed by atoms with Crippen molar-refractivity contribution in [3.8, 4) is 11.4 Å². The highest BCUT2D eigenvalue weighted by Crippen LogP contribution is 2.30. The minimum absolute atomic E-state index is 0.898. The number of rotatable bonds is 7. The summed E-state index contributed by atoms with van der Waals surface area (Å²) in [6.07, 6.45) is 12.1. The zero-order chi connectivity index (χ0) is 15.2. The lowest BCUT2D eigenvalue weighted by molar-refractivity contribution is 0.498. The van der Waals surface area contributed by atoms with E-state index in [-0.39, 0.29) is 0 Å². The van der Waals surface area contributed by atoms with Crippen LogP contribution in [-0.2, 0) is 6.54 Å². The van der Waals surface area contributed by atoms with Crippen LogP contribution in [0.1, 0.15) is 45.4 Å². The standard InChI is InChI=1S/C17H24N4S/c1-2-21-16(15-9-11-18-12-10-15)19-20-17(21)22-13-5-8-14-6-3-4-7-14/h9-12,14H,2-8,13H2,1H3. The second-order valence-corrected chi connectivity index (χ2v) is 6.99. The molecule has 22 heavy (non-hydrogen) atoms. The van der Waals surface area contributed by atoms with Crippen LogP contribution in [0.5, 0.6) is 0 Å². The summed E-state index contributed by atoms with van der Waals surface area (Å²) in [5.74, 6) is 3.07. The maximum atomic E-state index is 4.39. The van der Waals surface area contributed by atoms with Gasteiger partial charge in [-0.1, -0.05) is 37.4 Å². The molecule has 2 aromatic rings. The van der Waals surface area contributed by atoms with Crippen molar-refractivity contribution in [2.75, 3.05) is 5.75 Å². The van der Waals surface area contributed by atoms with Crippen LogP contribution in [-0.4, -0.2) is 25.5 Å². The molecule has 2 aromatic heterocycles. The Morgan fingerprint density at radius 1 is 1.18 bits per heavy atom. The first-order chi connectivity index (χ1) is 10.9. The first-order valence-corrected chi connectivity index (χ1v) is 9.33. The molecule has 0 aliphatic heterocycles. The predicted octanol–water partition coefficient (Wildman–Crippen LogP) is 4.42. The maximum Gasteiger partial charge on any atom is 0.191 e. The number of hydrogen-bond donors (Lipinski definition) is 0. The molecule has 4 nitrogen and oxygen atoms in total. The predicted molar refractivity (Wildman–Crippen MR) is 90.8 cm³/mol. The molecule has 1 aliphatic rings. The van der Waals surface area contributed by atoms with Gasteiger partial charge < -0.3 is 4.57 Å². The van der Waals surface area contributed by atoms with Gasteiger partial charge in [0.05, 0.1) is 0 Å². The van der Waals surface area contributed by atoms with E-state index in [0.29, 0.717) is 0 Å². The molecule has 0 spiro atoms. The van der Waals surface area contributed by atoms with Crippen LogP contribution in [0.25, 0.3) is 11.4 Å². The fraction of sp³-hybridized carbons (Fsp3) is 0.588. The van der Waals surface area contributed by atoms with Gasteiger partial charge in [-0.3, -0.25) is 4.98 Å². The summed E-state index contributed by atoms with van der Waals surface area (Å²) in [7, 11) is 0. The quantitative estimate of drug-likeness (QED) is 0.560. The number of thioether (sulfide) groups is 1. The van der Waals surface area contributed by atoms with Gasteiger partial charge in [-0.05, 0) is 37.8 Å². The largest absolute Gasteiger partial charge is 0.302 e. The van der Waals surface area contributed by atoms with Gasteiger partial charge in [0.1, 0.15) is 0 Å². The third-order valence-corrected chi connectivity index (χ3v) is 5.49. The van der Waals surface area contributed by atoms with E-state index in [9.17, 15) is 0 Å². The molecular weight excluding hydrogens is 292 g/mol. The van der Waals surface area contributed by atoms with Gasteiger partial charge in [-0.15, -0.1) is 10.2 Å². The van der Waals surface area contributed by atoms with Crippen LogP contribution in [0.15, 0.2) is 29.7 Å². The second kappa shape index (κ2) is 7.77. The van der Waals surface area contributed by atoms with Crippen molar-refractivity contribution in [2.24, 2.45) is 5.92 Å². The average Bonchev–Trinajstić information content (AvgIpc) is 3.21. The molecule has 5 heteroatoms. The Bertz CT molecular complexity index is 576. The van der Waals surface area contributed by atoms with Crippen molar-refractivity contribution in [1.29, 1.82) is 0 Å². The fourth-order valence-electron chi connectivity index (χ4n) is 3.23. The van der Waals surface area contributed by atoms with Crippen molar-refractivity contribution in [2.45, 2.75) is 57.1 Å². The van der Waals surface area contributed by atoms with Crippen LogP contribution >= 0.6 is 11.8 Å². The summed E-state index contributed by atoms with van der Waals surface area (Å²) < 4.78 is 2.20. The summed E-state index contributed by atoms with van der Waals surface area (Å²) in [4.78, 5) is 4.07. The molecule has 0 amide bonds. The molecule has 0 radical (unpaired) electrons.